The second-order valence-electron chi connectivity index (χ2n) is 6.75. The number of benzene rings is 2. The number of hydrogen-bond donors (Lipinski definition) is 2. The summed E-state index contributed by atoms with van der Waals surface area (Å²) in [5.74, 6) is 1.04. The normalized spacial score (nSPS) is 17.7. The van der Waals surface area contributed by atoms with Gasteiger partial charge in [-0.15, -0.1) is 0 Å². The highest BCUT2D eigenvalue weighted by atomic mass is 35.5. The van der Waals surface area contributed by atoms with E-state index in [4.69, 9.17) is 33.3 Å². The summed E-state index contributed by atoms with van der Waals surface area (Å²) in [6.07, 6.45) is 0.734. The van der Waals surface area contributed by atoms with Crippen LogP contribution in [0.5, 0.6) is 11.5 Å². The molecule has 0 saturated heterocycles. The Hall–Kier alpha value is -2.05. The van der Waals surface area contributed by atoms with Crippen LogP contribution >= 0.6 is 23.8 Å². The number of halogens is 2. The van der Waals surface area contributed by atoms with Crippen LogP contribution < -0.4 is 20.1 Å². The Kier molecular flexibility index (Phi) is 5.25. The number of anilines is 1. The van der Waals surface area contributed by atoms with Crippen molar-refractivity contribution in [2.45, 2.75) is 31.9 Å². The Labute approximate surface area is 162 Å². The zero-order valence-corrected chi connectivity index (χ0v) is 16.3. The first kappa shape index (κ1) is 18.7. The molecule has 138 valence electrons. The molecule has 3 rings (SSSR count). The highest BCUT2D eigenvalue weighted by Gasteiger charge is 2.34. The van der Waals surface area contributed by atoms with E-state index in [9.17, 15) is 4.39 Å². The van der Waals surface area contributed by atoms with Gasteiger partial charge in [0.25, 0.3) is 0 Å². The molecule has 0 spiro atoms. The van der Waals surface area contributed by atoms with Crippen LogP contribution in [0.15, 0.2) is 36.4 Å². The largest absolute Gasteiger partial charge is 0.497 e. The van der Waals surface area contributed by atoms with Crippen molar-refractivity contribution in [2.24, 2.45) is 0 Å². The number of rotatable bonds is 3. The summed E-state index contributed by atoms with van der Waals surface area (Å²) in [5, 5.41) is 6.83. The van der Waals surface area contributed by atoms with Crippen molar-refractivity contribution < 1.29 is 13.9 Å². The van der Waals surface area contributed by atoms with Crippen molar-refractivity contribution in [3.63, 3.8) is 0 Å². The van der Waals surface area contributed by atoms with E-state index in [1.165, 1.54) is 12.1 Å². The summed E-state index contributed by atoms with van der Waals surface area (Å²) in [6.45, 7) is 4.06. The van der Waals surface area contributed by atoms with Gasteiger partial charge in [-0.3, -0.25) is 0 Å². The lowest BCUT2D eigenvalue weighted by molar-refractivity contribution is 0.0693. The minimum absolute atomic E-state index is 0.0319. The maximum Gasteiger partial charge on any atom is 0.171 e. The van der Waals surface area contributed by atoms with Gasteiger partial charge in [0.2, 0.25) is 0 Å². The molecule has 0 aromatic heterocycles. The fraction of sp³-hybridized carbons (Fsp3) is 0.316. The summed E-state index contributed by atoms with van der Waals surface area (Å²) < 4.78 is 24.7. The Bertz CT molecular complexity index is 844. The van der Waals surface area contributed by atoms with Crippen LogP contribution in [0, 0.1) is 5.82 Å². The molecule has 2 aromatic rings. The molecule has 0 saturated carbocycles. The number of nitrogens with one attached hydrogen (secondary N) is 2. The second kappa shape index (κ2) is 7.29. The highest BCUT2D eigenvalue weighted by molar-refractivity contribution is 7.80. The standard InChI is InChI=1S/C19H20ClFN2O2S/c1-19(2)10-16(13-6-5-12(24-3)9-17(13)25-19)23-18(26)22-11-4-7-15(21)14(20)8-11/h4-9,16H,10H2,1-3H3,(H2,22,23,26). The first-order chi connectivity index (χ1) is 12.3. The topological polar surface area (TPSA) is 42.5 Å². The third-order valence-corrected chi connectivity index (χ3v) is 4.67. The maximum absolute atomic E-state index is 13.3. The maximum atomic E-state index is 13.3. The molecular formula is C19H20ClFN2O2S. The number of thiocarbonyl (C=S) groups is 1. The molecule has 0 bridgehead atoms. The molecule has 1 heterocycles. The molecule has 7 heteroatoms. The summed E-state index contributed by atoms with van der Waals surface area (Å²) in [4.78, 5) is 0. The van der Waals surface area contributed by atoms with Gasteiger partial charge in [-0.1, -0.05) is 11.6 Å². The van der Waals surface area contributed by atoms with E-state index in [0.29, 0.717) is 10.8 Å². The molecule has 0 amide bonds. The highest BCUT2D eigenvalue weighted by Crippen LogP contribution is 2.41. The van der Waals surface area contributed by atoms with Crippen LogP contribution in [0.4, 0.5) is 10.1 Å². The predicted octanol–water partition coefficient (Wildman–Crippen LogP) is 5.08. The van der Waals surface area contributed by atoms with Gasteiger partial charge in [-0.05, 0) is 56.4 Å². The number of hydrogen-bond acceptors (Lipinski definition) is 3. The van der Waals surface area contributed by atoms with Crippen LogP contribution in [0.1, 0.15) is 31.9 Å². The fourth-order valence-corrected chi connectivity index (χ4v) is 3.43. The second-order valence-corrected chi connectivity index (χ2v) is 7.57. The summed E-state index contributed by atoms with van der Waals surface area (Å²) in [5.41, 5.74) is 1.27. The van der Waals surface area contributed by atoms with Crippen molar-refractivity contribution in [1.82, 2.24) is 5.32 Å². The average molecular weight is 395 g/mol. The summed E-state index contributed by atoms with van der Waals surface area (Å²) in [7, 11) is 1.62. The van der Waals surface area contributed by atoms with Gasteiger partial charge in [0.05, 0.1) is 18.2 Å². The van der Waals surface area contributed by atoms with Gasteiger partial charge in [0, 0.05) is 23.7 Å². The average Bonchev–Trinajstić information content (AvgIpc) is 2.56. The number of ether oxygens (including phenoxy) is 2. The van der Waals surface area contributed by atoms with E-state index in [0.717, 1.165) is 23.5 Å². The summed E-state index contributed by atoms with van der Waals surface area (Å²) in [6, 6.07) is 10.1. The predicted molar refractivity (Wildman–Crippen MR) is 106 cm³/mol. The van der Waals surface area contributed by atoms with E-state index in [2.05, 4.69) is 10.6 Å². The molecule has 1 unspecified atom stereocenters. The van der Waals surface area contributed by atoms with Crippen LogP contribution in [0.2, 0.25) is 5.02 Å². The lowest BCUT2D eigenvalue weighted by Gasteiger charge is -2.38. The van der Waals surface area contributed by atoms with Gasteiger partial charge >= 0.3 is 0 Å². The van der Waals surface area contributed by atoms with E-state index in [1.807, 2.05) is 32.0 Å². The van der Waals surface area contributed by atoms with Crippen molar-refractivity contribution in [2.75, 3.05) is 12.4 Å². The van der Waals surface area contributed by atoms with E-state index < -0.39 is 5.82 Å². The zero-order valence-electron chi connectivity index (χ0n) is 14.7. The Balaban J connectivity index is 1.78. The number of fused-ring (bicyclic) bond motifs is 1. The third kappa shape index (κ3) is 4.19. The van der Waals surface area contributed by atoms with Crippen LogP contribution in [0.3, 0.4) is 0 Å². The van der Waals surface area contributed by atoms with Crippen molar-refractivity contribution in [3.05, 3.63) is 52.8 Å². The van der Waals surface area contributed by atoms with E-state index >= 15 is 0 Å². The minimum atomic E-state index is -0.467. The van der Waals surface area contributed by atoms with Crippen molar-refractivity contribution in [1.29, 1.82) is 0 Å². The molecule has 1 aliphatic rings. The van der Waals surface area contributed by atoms with Gasteiger partial charge in [-0.2, -0.15) is 0 Å². The molecule has 4 nitrogen and oxygen atoms in total. The van der Waals surface area contributed by atoms with Crippen molar-refractivity contribution >= 4 is 34.6 Å². The first-order valence-electron chi connectivity index (χ1n) is 8.17. The molecule has 0 aliphatic carbocycles. The molecule has 0 fully saturated rings. The minimum Gasteiger partial charge on any atom is -0.497 e. The molecular weight excluding hydrogens is 375 g/mol. The van der Waals surface area contributed by atoms with E-state index in [-0.39, 0.29) is 16.7 Å². The Morgan fingerprint density at radius 2 is 2.08 bits per heavy atom. The monoisotopic (exact) mass is 394 g/mol. The Morgan fingerprint density at radius 1 is 1.31 bits per heavy atom. The lowest BCUT2D eigenvalue weighted by Crippen LogP contribution is -2.42. The van der Waals surface area contributed by atoms with Gasteiger partial charge in [0.15, 0.2) is 5.11 Å². The molecule has 26 heavy (non-hydrogen) atoms. The molecule has 0 radical (unpaired) electrons. The SMILES string of the molecule is COc1ccc2c(c1)OC(C)(C)CC2NC(=S)Nc1ccc(F)c(Cl)c1. The molecule has 1 aliphatic heterocycles. The van der Waals surface area contributed by atoms with Gasteiger partial charge in [0.1, 0.15) is 22.9 Å². The Morgan fingerprint density at radius 3 is 2.77 bits per heavy atom. The van der Waals surface area contributed by atoms with Crippen molar-refractivity contribution in [3.8, 4) is 11.5 Å². The third-order valence-electron chi connectivity index (χ3n) is 4.16. The first-order valence-corrected chi connectivity index (χ1v) is 8.95. The molecule has 1 atom stereocenters. The molecule has 2 aromatic carbocycles. The summed E-state index contributed by atoms with van der Waals surface area (Å²) >= 11 is 11.2. The van der Waals surface area contributed by atoms with Crippen LogP contribution in [-0.4, -0.2) is 17.8 Å². The van der Waals surface area contributed by atoms with Crippen LogP contribution in [0.25, 0.3) is 0 Å². The van der Waals surface area contributed by atoms with Gasteiger partial charge in [-0.25, -0.2) is 4.39 Å². The quantitative estimate of drug-likeness (QED) is 0.711. The fourth-order valence-electron chi connectivity index (χ4n) is 2.99. The van der Waals surface area contributed by atoms with E-state index in [1.54, 1.807) is 13.2 Å². The zero-order chi connectivity index (χ0) is 18.9. The molecule has 2 N–H and O–H groups in total. The smallest absolute Gasteiger partial charge is 0.171 e. The van der Waals surface area contributed by atoms with Gasteiger partial charge < -0.3 is 20.1 Å². The van der Waals surface area contributed by atoms with Crippen LogP contribution in [-0.2, 0) is 0 Å². The number of methoxy groups -OCH3 is 1. The lowest BCUT2D eigenvalue weighted by atomic mass is 9.89.